The second-order valence-electron chi connectivity index (χ2n) is 14.4. The summed E-state index contributed by atoms with van der Waals surface area (Å²) in [4.78, 5) is 79.2. The van der Waals surface area contributed by atoms with Gasteiger partial charge in [-0.05, 0) is 63.6 Å². The Morgan fingerprint density at radius 2 is 1.14 bits per heavy atom. The van der Waals surface area contributed by atoms with Gasteiger partial charge in [0.15, 0.2) is 0 Å². The zero-order valence-electron chi connectivity index (χ0n) is 33.4. The zero-order chi connectivity index (χ0) is 41.6. The third-order valence-electron chi connectivity index (χ3n) is 8.34. The van der Waals surface area contributed by atoms with Crippen LogP contribution in [0.5, 0.6) is 0 Å². The highest BCUT2D eigenvalue weighted by Gasteiger charge is 2.29. The lowest BCUT2D eigenvalue weighted by Gasteiger charge is -2.26. The van der Waals surface area contributed by atoms with Gasteiger partial charge in [-0.1, -0.05) is 91.0 Å². The maximum Gasteiger partial charge on any atom is 0.410 e. The van der Waals surface area contributed by atoms with Crippen LogP contribution in [0.4, 0.5) is 14.4 Å². The smallest absolute Gasteiger partial charge is 0.410 e. The fraction of sp³-hybridized carbons (Fsp3) is 0.429. The molecule has 15 heteroatoms. The SMILES string of the molecule is C[C@@H](NC(=O)OCc1ccccc1)C(=O)N[C@@H](Cc1ccccc1)C(=O)N[C@@H](CCCCNC(=O)OCc1ccccc1)C(=O)NCCN(C)C(=O)OC(C)(C)C. The fourth-order valence-electron chi connectivity index (χ4n) is 5.24. The highest BCUT2D eigenvalue weighted by molar-refractivity contribution is 5.94. The van der Waals surface area contributed by atoms with Gasteiger partial charge in [0.2, 0.25) is 17.7 Å². The van der Waals surface area contributed by atoms with Crippen molar-refractivity contribution in [3.63, 3.8) is 0 Å². The quantitative estimate of drug-likeness (QED) is 0.0805. The van der Waals surface area contributed by atoms with E-state index in [1.54, 1.807) is 64.2 Å². The van der Waals surface area contributed by atoms with Crippen LogP contribution in [0.3, 0.4) is 0 Å². The summed E-state index contributed by atoms with van der Waals surface area (Å²) in [6, 6.07) is 24.1. The van der Waals surface area contributed by atoms with E-state index < -0.39 is 59.7 Å². The number of nitrogens with zero attached hydrogens (tertiary/aromatic N) is 1. The van der Waals surface area contributed by atoms with Gasteiger partial charge in [-0.15, -0.1) is 0 Å². The largest absolute Gasteiger partial charge is 0.445 e. The third-order valence-corrected chi connectivity index (χ3v) is 8.34. The number of hydrogen-bond acceptors (Lipinski definition) is 9. The van der Waals surface area contributed by atoms with Gasteiger partial charge in [-0.3, -0.25) is 14.4 Å². The third kappa shape index (κ3) is 18.4. The van der Waals surface area contributed by atoms with Gasteiger partial charge in [-0.2, -0.15) is 0 Å². The molecule has 0 aliphatic heterocycles. The zero-order valence-corrected chi connectivity index (χ0v) is 33.4. The molecule has 0 spiro atoms. The summed E-state index contributed by atoms with van der Waals surface area (Å²) in [5.74, 6) is -1.77. The van der Waals surface area contributed by atoms with E-state index in [9.17, 15) is 28.8 Å². The molecule has 0 heterocycles. The molecule has 0 aliphatic rings. The molecule has 0 radical (unpaired) electrons. The van der Waals surface area contributed by atoms with E-state index in [4.69, 9.17) is 14.2 Å². The predicted octanol–water partition coefficient (Wildman–Crippen LogP) is 4.59. The number of benzene rings is 3. The molecule has 3 atom stereocenters. The molecule has 3 aromatic carbocycles. The van der Waals surface area contributed by atoms with Crippen LogP contribution in [0.25, 0.3) is 0 Å². The van der Waals surface area contributed by atoms with Crippen LogP contribution >= 0.6 is 0 Å². The van der Waals surface area contributed by atoms with E-state index in [1.807, 2.05) is 54.6 Å². The second-order valence-corrected chi connectivity index (χ2v) is 14.4. The molecule has 5 N–H and O–H groups in total. The van der Waals surface area contributed by atoms with Gasteiger partial charge in [0.05, 0.1) is 0 Å². The minimum absolute atomic E-state index is 0.00913. The van der Waals surface area contributed by atoms with Crippen molar-refractivity contribution >= 4 is 36.0 Å². The van der Waals surface area contributed by atoms with Gasteiger partial charge in [0, 0.05) is 33.1 Å². The topological polar surface area (TPSA) is 193 Å². The van der Waals surface area contributed by atoms with E-state index >= 15 is 0 Å². The molecule has 6 amide bonds. The standard InChI is InChI=1S/C42H56N6O9/c1-30(45-40(53)56-29-33-21-13-8-14-22-33)36(49)47-35(27-31-17-9-6-10-18-31)38(51)46-34(37(50)43-25-26-48(5)41(54)57-42(2,3)4)23-15-16-24-44-39(52)55-28-32-19-11-7-12-20-32/h6-14,17-22,30,34-35H,15-16,23-29H2,1-5H3,(H,43,50)(H,44,52)(H,45,53)(H,46,51)(H,47,49)/t30-,34+,35+/m1/s1. The maximum absolute atomic E-state index is 13.9. The van der Waals surface area contributed by atoms with Crippen molar-refractivity contribution in [3.8, 4) is 0 Å². The molecule has 0 unspecified atom stereocenters. The van der Waals surface area contributed by atoms with Crippen molar-refractivity contribution < 1.29 is 43.0 Å². The van der Waals surface area contributed by atoms with E-state index in [0.29, 0.717) is 12.8 Å². The van der Waals surface area contributed by atoms with E-state index in [1.165, 1.54) is 11.8 Å². The summed E-state index contributed by atoms with van der Waals surface area (Å²) < 4.78 is 15.9. The molecule has 3 rings (SSSR count). The van der Waals surface area contributed by atoms with Gasteiger partial charge in [0.25, 0.3) is 0 Å². The molecule has 3 aromatic rings. The summed E-state index contributed by atoms with van der Waals surface area (Å²) in [6.45, 7) is 7.33. The summed E-state index contributed by atoms with van der Waals surface area (Å²) >= 11 is 0. The first-order valence-corrected chi connectivity index (χ1v) is 19.0. The van der Waals surface area contributed by atoms with Crippen LogP contribution in [0.15, 0.2) is 91.0 Å². The Morgan fingerprint density at radius 1 is 0.614 bits per heavy atom. The first kappa shape index (κ1) is 45.3. The molecule has 0 fully saturated rings. The fourth-order valence-corrected chi connectivity index (χ4v) is 5.24. The second kappa shape index (κ2) is 23.7. The van der Waals surface area contributed by atoms with Crippen molar-refractivity contribution in [3.05, 3.63) is 108 Å². The Labute approximate surface area is 334 Å². The highest BCUT2D eigenvalue weighted by atomic mass is 16.6. The number of rotatable bonds is 20. The Kier molecular flexibility index (Phi) is 18.8. The summed E-state index contributed by atoms with van der Waals surface area (Å²) in [5.41, 5.74) is 1.68. The van der Waals surface area contributed by atoms with Crippen molar-refractivity contribution in [2.75, 3.05) is 26.7 Å². The molecule has 0 aliphatic carbocycles. The lowest BCUT2D eigenvalue weighted by molar-refractivity contribution is -0.132. The Hall–Kier alpha value is -6.12. The Balaban J connectivity index is 1.64. The minimum Gasteiger partial charge on any atom is -0.445 e. The molecular weight excluding hydrogens is 732 g/mol. The lowest BCUT2D eigenvalue weighted by Crippen LogP contribution is -2.57. The molecule has 0 bridgehead atoms. The van der Waals surface area contributed by atoms with E-state index in [0.717, 1.165) is 16.7 Å². The maximum atomic E-state index is 13.9. The van der Waals surface area contributed by atoms with Gasteiger partial charge in [0.1, 0.15) is 36.9 Å². The summed E-state index contributed by atoms with van der Waals surface area (Å²) in [5, 5.41) is 13.5. The molecular formula is C42H56N6O9. The average Bonchev–Trinajstić information content (AvgIpc) is 3.18. The van der Waals surface area contributed by atoms with E-state index in [-0.39, 0.29) is 45.7 Å². The molecule has 308 valence electrons. The van der Waals surface area contributed by atoms with Crippen LogP contribution in [0.1, 0.15) is 63.6 Å². The van der Waals surface area contributed by atoms with Crippen molar-refractivity contribution in [1.82, 2.24) is 31.5 Å². The van der Waals surface area contributed by atoms with Crippen LogP contribution < -0.4 is 26.6 Å². The van der Waals surface area contributed by atoms with Crippen LogP contribution in [-0.2, 0) is 48.2 Å². The average molecular weight is 789 g/mol. The molecule has 15 nitrogen and oxygen atoms in total. The number of amides is 6. The predicted molar refractivity (Wildman–Crippen MR) is 214 cm³/mol. The number of hydrogen-bond donors (Lipinski definition) is 5. The Bertz CT molecular complexity index is 1720. The van der Waals surface area contributed by atoms with Gasteiger partial charge >= 0.3 is 18.3 Å². The van der Waals surface area contributed by atoms with Crippen molar-refractivity contribution in [2.45, 2.75) is 90.3 Å². The highest BCUT2D eigenvalue weighted by Crippen LogP contribution is 2.10. The first-order chi connectivity index (χ1) is 27.2. The first-order valence-electron chi connectivity index (χ1n) is 19.0. The summed E-state index contributed by atoms with van der Waals surface area (Å²) in [7, 11) is 1.55. The number of alkyl carbamates (subject to hydrolysis) is 2. The molecule has 0 aromatic heterocycles. The van der Waals surface area contributed by atoms with Crippen molar-refractivity contribution in [2.24, 2.45) is 0 Å². The molecule has 0 saturated carbocycles. The van der Waals surface area contributed by atoms with Crippen LogP contribution in [-0.4, -0.2) is 91.3 Å². The van der Waals surface area contributed by atoms with Crippen LogP contribution in [0.2, 0.25) is 0 Å². The lowest BCUT2D eigenvalue weighted by atomic mass is 10.0. The van der Waals surface area contributed by atoms with Crippen molar-refractivity contribution in [1.29, 1.82) is 0 Å². The molecule has 0 saturated heterocycles. The Morgan fingerprint density at radius 3 is 1.70 bits per heavy atom. The number of unbranched alkanes of at least 4 members (excludes halogenated alkanes) is 1. The number of likely N-dealkylation sites (N-methyl/N-ethyl adjacent to an activating group) is 1. The minimum atomic E-state index is -1.13. The number of nitrogens with one attached hydrogen (secondary N) is 5. The van der Waals surface area contributed by atoms with Crippen LogP contribution in [0, 0.1) is 0 Å². The normalized spacial score (nSPS) is 12.4. The number of ether oxygens (including phenoxy) is 3. The van der Waals surface area contributed by atoms with Gasteiger partial charge in [-0.25, -0.2) is 14.4 Å². The van der Waals surface area contributed by atoms with Gasteiger partial charge < -0.3 is 45.7 Å². The van der Waals surface area contributed by atoms with E-state index in [2.05, 4.69) is 26.6 Å². The summed E-state index contributed by atoms with van der Waals surface area (Å²) in [6.07, 6.45) is -0.761. The molecule has 57 heavy (non-hydrogen) atoms. The number of carbonyl (C=O) groups is 6. The number of carbonyl (C=O) groups excluding carboxylic acids is 6. The monoisotopic (exact) mass is 788 g/mol.